The molecule has 102 valence electrons. The van der Waals surface area contributed by atoms with Crippen LogP contribution in [0.3, 0.4) is 0 Å². The number of aliphatic hydroxyl groups is 1. The Morgan fingerprint density at radius 2 is 2.11 bits per heavy atom. The number of ether oxygens (including phenoxy) is 1. The van der Waals surface area contributed by atoms with Gasteiger partial charge in [0.25, 0.3) is 0 Å². The highest BCUT2D eigenvalue weighted by atomic mass is 32.2. The minimum atomic E-state index is -4.71. The maximum Gasteiger partial charge on any atom is 0.573 e. The van der Waals surface area contributed by atoms with Crippen LogP contribution in [0.15, 0.2) is 24.3 Å². The maximum atomic E-state index is 12.0. The summed E-state index contributed by atoms with van der Waals surface area (Å²) in [6.07, 6.45) is -4.96. The molecule has 0 saturated heterocycles. The van der Waals surface area contributed by atoms with E-state index in [0.29, 0.717) is 12.0 Å². The van der Waals surface area contributed by atoms with Crippen LogP contribution in [0.25, 0.3) is 0 Å². The SMILES string of the molecule is CCSCCC(O)c1cccc(OC(F)(F)F)c1. The highest BCUT2D eigenvalue weighted by molar-refractivity contribution is 7.99. The van der Waals surface area contributed by atoms with Gasteiger partial charge in [0.1, 0.15) is 5.75 Å². The lowest BCUT2D eigenvalue weighted by molar-refractivity contribution is -0.274. The minimum Gasteiger partial charge on any atom is -0.406 e. The third-order valence-electron chi connectivity index (χ3n) is 2.22. The molecule has 1 atom stereocenters. The zero-order valence-corrected chi connectivity index (χ0v) is 10.7. The van der Waals surface area contributed by atoms with Crippen LogP contribution in [-0.4, -0.2) is 23.0 Å². The number of benzene rings is 1. The number of hydrogen-bond acceptors (Lipinski definition) is 3. The van der Waals surface area contributed by atoms with E-state index in [1.165, 1.54) is 18.2 Å². The second-order valence-electron chi connectivity index (χ2n) is 3.62. The Kier molecular flexibility index (Phi) is 5.81. The van der Waals surface area contributed by atoms with Gasteiger partial charge in [0.2, 0.25) is 0 Å². The Labute approximate surface area is 108 Å². The lowest BCUT2D eigenvalue weighted by atomic mass is 10.1. The number of thioether (sulfide) groups is 1. The van der Waals surface area contributed by atoms with Gasteiger partial charge in [0.15, 0.2) is 0 Å². The largest absolute Gasteiger partial charge is 0.573 e. The first-order valence-electron chi connectivity index (χ1n) is 5.54. The highest BCUT2D eigenvalue weighted by Crippen LogP contribution is 2.27. The van der Waals surface area contributed by atoms with E-state index in [1.807, 2.05) is 6.92 Å². The van der Waals surface area contributed by atoms with Crippen LogP contribution in [0.1, 0.15) is 25.0 Å². The van der Waals surface area contributed by atoms with Gasteiger partial charge in [-0.2, -0.15) is 11.8 Å². The smallest absolute Gasteiger partial charge is 0.406 e. The monoisotopic (exact) mass is 280 g/mol. The molecule has 18 heavy (non-hydrogen) atoms. The number of aliphatic hydroxyl groups excluding tert-OH is 1. The van der Waals surface area contributed by atoms with Crippen LogP contribution in [0.2, 0.25) is 0 Å². The molecule has 0 aliphatic carbocycles. The van der Waals surface area contributed by atoms with E-state index in [4.69, 9.17) is 0 Å². The topological polar surface area (TPSA) is 29.5 Å². The third kappa shape index (κ3) is 5.64. The van der Waals surface area contributed by atoms with E-state index in [-0.39, 0.29) is 5.75 Å². The van der Waals surface area contributed by atoms with Crippen molar-refractivity contribution in [1.82, 2.24) is 0 Å². The van der Waals surface area contributed by atoms with Crippen LogP contribution < -0.4 is 4.74 Å². The molecule has 1 N–H and O–H groups in total. The molecule has 0 amide bonds. The van der Waals surface area contributed by atoms with Crippen LogP contribution in [-0.2, 0) is 0 Å². The van der Waals surface area contributed by atoms with Gasteiger partial charge in [-0.1, -0.05) is 19.1 Å². The normalized spacial score (nSPS) is 13.4. The Balaban J connectivity index is 2.63. The van der Waals surface area contributed by atoms with Gasteiger partial charge >= 0.3 is 6.36 Å². The molecule has 1 aromatic carbocycles. The number of rotatable bonds is 6. The lowest BCUT2D eigenvalue weighted by Crippen LogP contribution is -2.17. The van der Waals surface area contributed by atoms with Crippen molar-refractivity contribution in [3.05, 3.63) is 29.8 Å². The Morgan fingerprint density at radius 1 is 1.39 bits per heavy atom. The predicted molar refractivity (Wildman–Crippen MR) is 65.7 cm³/mol. The fourth-order valence-corrected chi connectivity index (χ4v) is 2.10. The Bertz CT molecular complexity index is 369. The average molecular weight is 280 g/mol. The fraction of sp³-hybridized carbons (Fsp3) is 0.500. The van der Waals surface area contributed by atoms with Crippen LogP contribution in [0, 0.1) is 0 Å². The minimum absolute atomic E-state index is 0.304. The van der Waals surface area contributed by atoms with Gasteiger partial charge in [-0.05, 0) is 35.6 Å². The molecule has 1 rings (SSSR count). The standard InChI is InChI=1S/C12H15F3O2S/c1-2-18-7-6-11(16)9-4-3-5-10(8-9)17-12(13,14)15/h3-5,8,11,16H,2,6-7H2,1H3. The van der Waals surface area contributed by atoms with Crippen LogP contribution in [0.4, 0.5) is 13.2 Å². The first-order chi connectivity index (χ1) is 8.42. The van der Waals surface area contributed by atoms with Crippen LogP contribution in [0.5, 0.6) is 5.75 Å². The molecule has 6 heteroatoms. The van der Waals surface area contributed by atoms with Crippen LogP contribution >= 0.6 is 11.8 Å². The molecule has 1 aromatic rings. The van der Waals surface area contributed by atoms with Crippen molar-refractivity contribution in [2.75, 3.05) is 11.5 Å². The molecule has 1 unspecified atom stereocenters. The van der Waals surface area contributed by atoms with Crippen molar-refractivity contribution < 1.29 is 23.0 Å². The van der Waals surface area contributed by atoms with E-state index < -0.39 is 12.5 Å². The summed E-state index contributed by atoms with van der Waals surface area (Å²) in [5.41, 5.74) is 0.438. The molecule has 0 saturated carbocycles. The summed E-state index contributed by atoms with van der Waals surface area (Å²) in [5.74, 6) is 1.41. The van der Waals surface area contributed by atoms with Crippen molar-refractivity contribution >= 4 is 11.8 Å². The molecule has 0 aromatic heterocycles. The van der Waals surface area contributed by atoms with E-state index >= 15 is 0 Å². The van der Waals surface area contributed by atoms with Crippen molar-refractivity contribution in [2.45, 2.75) is 25.8 Å². The number of hydrogen-bond donors (Lipinski definition) is 1. The van der Waals surface area contributed by atoms with Gasteiger partial charge < -0.3 is 9.84 Å². The highest BCUT2D eigenvalue weighted by Gasteiger charge is 2.31. The summed E-state index contributed by atoms with van der Waals surface area (Å²) in [5, 5.41) is 9.82. The van der Waals surface area contributed by atoms with E-state index in [2.05, 4.69) is 4.74 Å². The summed E-state index contributed by atoms with van der Waals surface area (Å²) in [6.45, 7) is 2.01. The zero-order chi connectivity index (χ0) is 13.6. The summed E-state index contributed by atoms with van der Waals surface area (Å²) < 4.78 is 39.9. The maximum absolute atomic E-state index is 12.0. The molecular formula is C12H15F3O2S. The van der Waals surface area contributed by atoms with Crippen molar-refractivity contribution in [2.24, 2.45) is 0 Å². The first-order valence-corrected chi connectivity index (χ1v) is 6.69. The predicted octanol–water partition coefficient (Wildman–Crippen LogP) is 3.76. The molecule has 2 nitrogen and oxygen atoms in total. The second-order valence-corrected chi connectivity index (χ2v) is 5.02. The zero-order valence-electron chi connectivity index (χ0n) is 9.91. The fourth-order valence-electron chi connectivity index (χ4n) is 1.42. The van der Waals surface area contributed by atoms with Crippen molar-refractivity contribution in [1.29, 1.82) is 0 Å². The van der Waals surface area contributed by atoms with Gasteiger partial charge in [-0.15, -0.1) is 13.2 Å². The third-order valence-corrected chi connectivity index (χ3v) is 3.15. The molecule has 0 aliphatic rings. The second kappa shape index (κ2) is 6.89. The Morgan fingerprint density at radius 3 is 2.72 bits per heavy atom. The van der Waals surface area contributed by atoms with Gasteiger partial charge in [-0.3, -0.25) is 0 Å². The summed E-state index contributed by atoms with van der Waals surface area (Å²) in [6, 6.07) is 5.45. The van der Waals surface area contributed by atoms with E-state index in [9.17, 15) is 18.3 Å². The lowest BCUT2D eigenvalue weighted by Gasteiger charge is -2.13. The summed E-state index contributed by atoms with van der Waals surface area (Å²) in [4.78, 5) is 0. The van der Waals surface area contributed by atoms with E-state index in [0.717, 1.165) is 11.5 Å². The quantitative estimate of drug-likeness (QED) is 0.804. The number of alkyl halides is 3. The van der Waals surface area contributed by atoms with E-state index in [1.54, 1.807) is 17.8 Å². The molecule has 0 aliphatic heterocycles. The summed E-state index contributed by atoms with van der Waals surface area (Å²) >= 11 is 1.67. The Hall–Kier alpha value is -0.880. The molecule has 0 spiro atoms. The summed E-state index contributed by atoms with van der Waals surface area (Å²) in [7, 11) is 0. The van der Waals surface area contributed by atoms with Gasteiger partial charge in [0, 0.05) is 0 Å². The average Bonchev–Trinajstić information content (AvgIpc) is 2.27. The van der Waals surface area contributed by atoms with Crippen molar-refractivity contribution in [3.8, 4) is 5.75 Å². The number of halogens is 3. The molecule has 0 heterocycles. The molecular weight excluding hydrogens is 265 g/mol. The molecule has 0 fully saturated rings. The molecule has 0 bridgehead atoms. The first kappa shape index (κ1) is 15.2. The van der Waals surface area contributed by atoms with Crippen molar-refractivity contribution in [3.63, 3.8) is 0 Å². The van der Waals surface area contributed by atoms with Gasteiger partial charge in [0.05, 0.1) is 6.10 Å². The van der Waals surface area contributed by atoms with Gasteiger partial charge in [-0.25, -0.2) is 0 Å². The molecule has 0 radical (unpaired) electrons.